The third kappa shape index (κ3) is 2.98. The number of halogens is 2. The predicted octanol–water partition coefficient (Wildman–Crippen LogP) is 2.38. The van der Waals surface area contributed by atoms with Crippen molar-refractivity contribution in [3.63, 3.8) is 0 Å². The van der Waals surface area contributed by atoms with Crippen LogP contribution in [0.3, 0.4) is 0 Å². The normalized spacial score (nSPS) is 12.6. The van der Waals surface area contributed by atoms with Crippen LogP contribution in [0.15, 0.2) is 12.1 Å². The molecule has 0 spiro atoms. The van der Waals surface area contributed by atoms with Gasteiger partial charge in [-0.05, 0) is 19.0 Å². The Kier molecular flexibility index (Phi) is 4.67. The lowest BCUT2D eigenvalue weighted by Gasteiger charge is -2.13. The summed E-state index contributed by atoms with van der Waals surface area (Å²) in [5.41, 5.74) is 5.93. The molecule has 84 valence electrons. The van der Waals surface area contributed by atoms with E-state index in [-0.39, 0.29) is 0 Å². The number of benzene rings is 1. The van der Waals surface area contributed by atoms with Gasteiger partial charge in [0.1, 0.15) is 5.75 Å². The number of rotatable bonds is 4. The van der Waals surface area contributed by atoms with Crippen LogP contribution in [0.2, 0.25) is 10.0 Å². The quantitative estimate of drug-likeness (QED) is 0.862. The third-order valence-electron chi connectivity index (χ3n) is 2.07. The number of aliphatic hydroxyl groups excluding tert-OH is 1. The second-order valence-electron chi connectivity index (χ2n) is 3.10. The molecule has 0 radical (unpaired) electrons. The lowest BCUT2D eigenvalue weighted by Crippen LogP contribution is -2.07. The van der Waals surface area contributed by atoms with Crippen LogP contribution in [0.1, 0.15) is 18.1 Å². The number of ether oxygens (including phenoxy) is 1. The molecule has 0 saturated carbocycles. The zero-order valence-corrected chi connectivity index (χ0v) is 9.85. The van der Waals surface area contributed by atoms with E-state index in [1.807, 2.05) is 0 Å². The standard InChI is InChI=1S/C10H13Cl2NO2/c1-15-10-5-7(11)6(4-8(10)12)9(14)2-3-13/h4-5,9,14H,2-3,13H2,1H3. The van der Waals surface area contributed by atoms with E-state index >= 15 is 0 Å². The van der Waals surface area contributed by atoms with E-state index in [4.69, 9.17) is 33.7 Å². The molecule has 1 aromatic carbocycles. The topological polar surface area (TPSA) is 55.5 Å². The first-order valence-electron chi connectivity index (χ1n) is 4.51. The molecule has 0 saturated heterocycles. The molecule has 5 heteroatoms. The van der Waals surface area contributed by atoms with Crippen LogP contribution >= 0.6 is 23.2 Å². The Morgan fingerprint density at radius 2 is 2.07 bits per heavy atom. The van der Waals surface area contributed by atoms with Gasteiger partial charge in [-0.3, -0.25) is 0 Å². The van der Waals surface area contributed by atoms with Crippen LogP contribution in [0.5, 0.6) is 5.75 Å². The Hall–Kier alpha value is -0.480. The monoisotopic (exact) mass is 249 g/mol. The lowest BCUT2D eigenvalue weighted by atomic mass is 10.1. The molecule has 0 fully saturated rings. The van der Waals surface area contributed by atoms with E-state index in [9.17, 15) is 5.11 Å². The molecule has 1 atom stereocenters. The third-order valence-corrected chi connectivity index (χ3v) is 2.69. The van der Waals surface area contributed by atoms with Gasteiger partial charge in [0.2, 0.25) is 0 Å². The minimum absolute atomic E-state index is 0.390. The minimum Gasteiger partial charge on any atom is -0.495 e. The smallest absolute Gasteiger partial charge is 0.138 e. The van der Waals surface area contributed by atoms with Gasteiger partial charge in [-0.25, -0.2) is 0 Å². The first kappa shape index (κ1) is 12.6. The summed E-state index contributed by atoms with van der Waals surface area (Å²) in [5.74, 6) is 0.491. The highest BCUT2D eigenvalue weighted by atomic mass is 35.5. The van der Waals surface area contributed by atoms with Gasteiger partial charge < -0.3 is 15.6 Å². The highest BCUT2D eigenvalue weighted by Gasteiger charge is 2.14. The van der Waals surface area contributed by atoms with Crippen LogP contribution in [0.4, 0.5) is 0 Å². The Labute approximate surface area is 98.7 Å². The second-order valence-corrected chi connectivity index (χ2v) is 3.92. The number of hydrogen-bond donors (Lipinski definition) is 2. The molecule has 1 unspecified atom stereocenters. The molecule has 0 heterocycles. The summed E-state index contributed by atoms with van der Waals surface area (Å²) < 4.78 is 5.00. The molecule has 1 rings (SSSR count). The van der Waals surface area contributed by atoms with Crippen molar-refractivity contribution in [2.75, 3.05) is 13.7 Å². The fraction of sp³-hybridized carbons (Fsp3) is 0.400. The van der Waals surface area contributed by atoms with Crippen molar-refractivity contribution in [1.82, 2.24) is 0 Å². The van der Waals surface area contributed by atoms with Crippen LogP contribution in [0.25, 0.3) is 0 Å². The van der Waals surface area contributed by atoms with Gasteiger partial charge in [-0.1, -0.05) is 23.2 Å². The molecule has 0 amide bonds. The average Bonchev–Trinajstić information content (AvgIpc) is 2.21. The molecule has 0 aliphatic heterocycles. The Morgan fingerprint density at radius 3 is 2.60 bits per heavy atom. The molecule has 0 aromatic heterocycles. The van der Waals surface area contributed by atoms with Gasteiger partial charge in [-0.15, -0.1) is 0 Å². The van der Waals surface area contributed by atoms with Crippen molar-refractivity contribution in [1.29, 1.82) is 0 Å². The van der Waals surface area contributed by atoms with Crippen molar-refractivity contribution < 1.29 is 9.84 Å². The molecule has 0 aliphatic carbocycles. The van der Waals surface area contributed by atoms with Crippen LogP contribution < -0.4 is 10.5 Å². The summed E-state index contributed by atoms with van der Waals surface area (Å²) in [7, 11) is 1.51. The first-order valence-corrected chi connectivity index (χ1v) is 5.26. The maximum atomic E-state index is 9.73. The number of methoxy groups -OCH3 is 1. The number of nitrogens with two attached hydrogens (primary N) is 1. The highest BCUT2D eigenvalue weighted by molar-refractivity contribution is 6.34. The minimum atomic E-state index is -0.689. The second kappa shape index (κ2) is 5.56. The van der Waals surface area contributed by atoms with Crippen molar-refractivity contribution in [2.45, 2.75) is 12.5 Å². The van der Waals surface area contributed by atoms with E-state index in [2.05, 4.69) is 0 Å². The SMILES string of the molecule is COc1cc(Cl)c(C(O)CCN)cc1Cl. The molecule has 15 heavy (non-hydrogen) atoms. The largest absolute Gasteiger partial charge is 0.495 e. The van der Waals surface area contributed by atoms with Crippen molar-refractivity contribution in [3.05, 3.63) is 27.7 Å². The predicted molar refractivity (Wildman–Crippen MR) is 61.6 cm³/mol. The zero-order valence-electron chi connectivity index (χ0n) is 8.34. The number of aliphatic hydroxyl groups is 1. The summed E-state index contributed by atoms with van der Waals surface area (Å²) in [6.07, 6.45) is -0.242. The van der Waals surface area contributed by atoms with E-state index in [0.717, 1.165) is 0 Å². The molecular weight excluding hydrogens is 237 g/mol. The fourth-order valence-corrected chi connectivity index (χ4v) is 1.80. The maximum absolute atomic E-state index is 9.73. The molecule has 1 aromatic rings. The van der Waals surface area contributed by atoms with E-state index in [0.29, 0.717) is 34.3 Å². The Bertz CT molecular complexity index is 344. The summed E-state index contributed by atoms with van der Waals surface area (Å²) in [4.78, 5) is 0. The van der Waals surface area contributed by atoms with Crippen LogP contribution in [-0.2, 0) is 0 Å². The lowest BCUT2D eigenvalue weighted by molar-refractivity contribution is 0.170. The Morgan fingerprint density at radius 1 is 1.40 bits per heavy atom. The van der Waals surface area contributed by atoms with Crippen molar-refractivity contribution in [3.8, 4) is 5.75 Å². The van der Waals surface area contributed by atoms with Crippen molar-refractivity contribution >= 4 is 23.2 Å². The van der Waals surface area contributed by atoms with Gasteiger partial charge in [0.05, 0.1) is 23.3 Å². The highest BCUT2D eigenvalue weighted by Crippen LogP contribution is 2.34. The molecular formula is C10H13Cl2NO2. The maximum Gasteiger partial charge on any atom is 0.138 e. The van der Waals surface area contributed by atoms with Gasteiger partial charge in [0, 0.05) is 11.6 Å². The van der Waals surface area contributed by atoms with E-state index in [1.54, 1.807) is 12.1 Å². The Balaban J connectivity index is 3.04. The van der Waals surface area contributed by atoms with E-state index in [1.165, 1.54) is 7.11 Å². The van der Waals surface area contributed by atoms with Crippen LogP contribution in [-0.4, -0.2) is 18.8 Å². The molecule has 0 aliphatic rings. The van der Waals surface area contributed by atoms with E-state index < -0.39 is 6.10 Å². The zero-order chi connectivity index (χ0) is 11.4. The average molecular weight is 250 g/mol. The summed E-state index contributed by atoms with van der Waals surface area (Å²) in [6.45, 7) is 0.390. The van der Waals surface area contributed by atoms with Crippen LogP contribution in [0, 0.1) is 0 Å². The van der Waals surface area contributed by atoms with Gasteiger partial charge >= 0.3 is 0 Å². The van der Waals surface area contributed by atoms with Gasteiger partial charge in [0.15, 0.2) is 0 Å². The molecule has 0 bridgehead atoms. The number of hydrogen-bond acceptors (Lipinski definition) is 3. The van der Waals surface area contributed by atoms with Crippen molar-refractivity contribution in [2.24, 2.45) is 5.73 Å². The first-order chi connectivity index (χ1) is 7.10. The summed E-state index contributed by atoms with van der Waals surface area (Å²) in [6, 6.07) is 3.18. The summed E-state index contributed by atoms with van der Waals surface area (Å²) in [5, 5.41) is 10.6. The summed E-state index contributed by atoms with van der Waals surface area (Å²) >= 11 is 11.9. The molecule has 3 N–H and O–H groups in total. The van der Waals surface area contributed by atoms with Gasteiger partial charge in [0.25, 0.3) is 0 Å². The van der Waals surface area contributed by atoms with Gasteiger partial charge in [-0.2, -0.15) is 0 Å². The fourth-order valence-electron chi connectivity index (χ4n) is 1.27. The molecule has 3 nitrogen and oxygen atoms in total.